The van der Waals surface area contributed by atoms with Gasteiger partial charge in [-0.2, -0.15) is 0 Å². The van der Waals surface area contributed by atoms with Gasteiger partial charge in [0.15, 0.2) is 0 Å². The molecule has 2 heterocycles. The summed E-state index contributed by atoms with van der Waals surface area (Å²) in [5.41, 5.74) is 5.04. The third kappa shape index (κ3) is 2.20. The van der Waals surface area contributed by atoms with E-state index >= 15 is 0 Å². The molecule has 0 spiro atoms. The Balaban J connectivity index is 1.60. The van der Waals surface area contributed by atoms with E-state index < -0.39 is 0 Å². The smallest absolute Gasteiger partial charge is 0.145 e. The molecule has 152 valence electrons. The van der Waals surface area contributed by atoms with Crippen molar-refractivity contribution in [3.63, 3.8) is 0 Å². The molecule has 0 saturated heterocycles. The predicted octanol–water partition coefficient (Wildman–Crippen LogP) is 8.65. The van der Waals surface area contributed by atoms with E-state index in [1.807, 2.05) is 24.3 Å². The molecule has 0 bridgehead atoms. The molecule has 2 aliphatic heterocycles. The predicted molar refractivity (Wildman–Crippen MR) is 137 cm³/mol. The van der Waals surface area contributed by atoms with Crippen LogP contribution in [-0.4, -0.2) is 4.98 Å². The van der Waals surface area contributed by atoms with Gasteiger partial charge in [0.05, 0.1) is 16.8 Å². The van der Waals surface area contributed by atoms with Crippen LogP contribution in [0.1, 0.15) is 0 Å². The Morgan fingerprint density at radius 3 is 2.09 bits per heavy atom. The lowest BCUT2D eigenvalue weighted by atomic mass is 9.89. The summed E-state index contributed by atoms with van der Waals surface area (Å²) in [6.07, 6.45) is 0. The topological polar surface area (TPSA) is 26.0 Å². The van der Waals surface area contributed by atoms with Crippen LogP contribution in [0.4, 0.5) is 0 Å². The average Bonchev–Trinajstić information content (AvgIpc) is 3.27. The van der Waals surface area contributed by atoms with Crippen LogP contribution in [0.2, 0.25) is 0 Å². The number of fused-ring (bicyclic) bond motifs is 5. The fourth-order valence-electron chi connectivity index (χ4n) is 5.55. The molecule has 0 fully saturated rings. The summed E-state index contributed by atoms with van der Waals surface area (Å²) >= 11 is 0. The van der Waals surface area contributed by atoms with Crippen LogP contribution in [0.3, 0.4) is 0 Å². The Kier molecular flexibility index (Phi) is 3.16. The molecular weight excluding hydrogens is 402 g/mol. The normalized spacial score (nSPS) is 12.2. The third-order valence-electron chi connectivity index (χ3n) is 7.00. The van der Waals surface area contributed by atoms with Crippen molar-refractivity contribution in [1.82, 2.24) is 4.98 Å². The number of hydrogen-bond acceptors (Lipinski definition) is 2. The fraction of sp³-hybridized carbons (Fsp3) is 0. The van der Waals surface area contributed by atoms with Crippen molar-refractivity contribution in [2.75, 3.05) is 0 Å². The molecule has 0 amide bonds. The van der Waals surface area contributed by atoms with Crippen molar-refractivity contribution >= 4 is 54.2 Å². The van der Waals surface area contributed by atoms with Gasteiger partial charge in [-0.1, -0.05) is 78.9 Å². The number of para-hydroxylation sites is 2. The molecular formula is C31H17NO. The fourth-order valence-corrected chi connectivity index (χ4v) is 5.55. The maximum absolute atomic E-state index is 6.68. The minimum atomic E-state index is 0.855. The third-order valence-corrected chi connectivity index (χ3v) is 7.00. The summed E-state index contributed by atoms with van der Waals surface area (Å²) in [4.78, 5) is 5.03. The molecule has 0 radical (unpaired) electrons. The zero-order valence-corrected chi connectivity index (χ0v) is 17.7. The highest BCUT2D eigenvalue weighted by Crippen LogP contribution is 2.47. The molecule has 0 N–H and O–H groups in total. The molecule has 0 aromatic heterocycles. The Labute approximate surface area is 189 Å². The van der Waals surface area contributed by atoms with Crippen LogP contribution in [-0.2, 0) is 0 Å². The Bertz CT molecular complexity index is 1960. The quantitative estimate of drug-likeness (QED) is 0.249. The molecule has 2 nitrogen and oxygen atoms in total. The van der Waals surface area contributed by atoms with Gasteiger partial charge < -0.3 is 4.42 Å². The highest BCUT2D eigenvalue weighted by atomic mass is 16.3. The van der Waals surface area contributed by atoms with E-state index in [4.69, 9.17) is 9.40 Å². The molecule has 6 aromatic rings. The van der Waals surface area contributed by atoms with E-state index in [-0.39, 0.29) is 0 Å². The standard InChI is InChI=1S/C31H17NO/c1-3-10-25-23(8-1)29-30(32-25)24-9-2-4-11-26(24)33-31(29)22-17-15-20-13-12-18-6-5-7-19-14-16-21(22)28(20)27(18)19/h1-17H. The zero-order valence-electron chi connectivity index (χ0n) is 17.7. The zero-order chi connectivity index (χ0) is 21.5. The molecule has 8 rings (SSSR count). The molecule has 2 aliphatic rings. The van der Waals surface area contributed by atoms with Gasteiger partial charge in [-0.05, 0) is 56.6 Å². The lowest BCUT2D eigenvalue weighted by Gasteiger charge is -2.16. The molecule has 33 heavy (non-hydrogen) atoms. The van der Waals surface area contributed by atoms with Crippen molar-refractivity contribution in [3.05, 3.63) is 103 Å². The van der Waals surface area contributed by atoms with Crippen molar-refractivity contribution in [1.29, 1.82) is 0 Å². The van der Waals surface area contributed by atoms with E-state index in [0.717, 1.165) is 44.5 Å². The minimum absolute atomic E-state index is 0.855. The second-order valence-corrected chi connectivity index (χ2v) is 8.75. The van der Waals surface area contributed by atoms with Gasteiger partial charge >= 0.3 is 0 Å². The van der Waals surface area contributed by atoms with Crippen LogP contribution in [0.25, 0.3) is 76.8 Å². The van der Waals surface area contributed by atoms with Gasteiger partial charge in [0, 0.05) is 16.3 Å². The van der Waals surface area contributed by atoms with Gasteiger partial charge in [-0.3, -0.25) is 0 Å². The maximum atomic E-state index is 6.68. The molecule has 6 aromatic carbocycles. The number of aromatic nitrogens is 1. The second kappa shape index (κ2) is 6.08. The lowest BCUT2D eigenvalue weighted by Crippen LogP contribution is -1.91. The molecule has 2 heteroatoms. The second-order valence-electron chi connectivity index (χ2n) is 8.75. The first-order valence-electron chi connectivity index (χ1n) is 11.2. The summed E-state index contributed by atoms with van der Waals surface area (Å²) in [7, 11) is 0. The number of rotatable bonds is 1. The minimum Gasteiger partial charge on any atom is -0.455 e. The van der Waals surface area contributed by atoms with Gasteiger partial charge in [0.1, 0.15) is 11.3 Å². The van der Waals surface area contributed by atoms with E-state index in [1.54, 1.807) is 0 Å². The van der Waals surface area contributed by atoms with Crippen molar-refractivity contribution in [2.45, 2.75) is 0 Å². The highest BCUT2D eigenvalue weighted by Gasteiger charge is 2.24. The van der Waals surface area contributed by atoms with Gasteiger partial charge in [0.25, 0.3) is 0 Å². The summed E-state index contributed by atoms with van der Waals surface area (Å²) in [6, 6.07) is 36.4. The first-order chi connectivity index (χ1) is 16.4. The first kappa shape index (κ1) is 17.2. The highest BCUT2D eigenvalue weighted by molar-refractivity contribution is 6.26. The lowest BCUT2D eigenvalue weighted by molar-refractivity contribution is 0.623. The van der Waals surface area contributed by atoms with Crippen LogP contribution in [0, 0.1) is 0 Å². The monoisotopic (exact) mass is 419 g/mol. The van der Waals surface area contributed by atoms with E-state index in [1.165, 1.54) is 32.3 Å². The van der Waals surface area contributed by atoms with Crippen molar-refractivity contribution < 1.29 is 4.42 Å². The Hall–Kier alpha value is -4.43. The summed E-state index contributed by atoms with van der Waals surface area (Å²) < 4.78 is 6.68. The van der Waals surface area contributed by atoms with E-state index in [0.29, 0.717) is 0 Å². The van der Waals surface area contributed by atoms with Crippen LogP contribution >= 0.6 is 0 Å². The van der Waals surface area contributed by atoms with Crippen molar-refractivity contribution in [2.24, 2.45) is 0 Å². The number of benzene rings is 6. The largest absolute Gasteiger partial charge is 0.455 e. The van der Waals surface area contributed by atoms with Crippen LogP contribution < -0.4 is 0 Å². The van der Waals surface area contributed by atoms with Crippen molar-refractivity contribution in [3.8, 4) is 22.6 Å². The maximum Gasteiger partial charge on any atom is 0.145 e. The van der Waals surface area contributed by atoms with Gasteiger partial charge in [-0.25, -0.2) is 4.98 Å². The van der Waals surface area contributed by atoms with Gasteiger partial charge in [0.2, 0.25) is 0 Å². The Morgan fingerprint density at radius 1 is 0.515 bits per heavy atom. The van der Waals surface area contributed by atoms with E-state index in [2.05, 4.69) is 78.9 Å². The number of hydrogen-bond donors (Lipinski definition) is 0. The van der Waals surface area contributed by atoms with Crippen LogP contribution in [0.15, 0.2) is 108 Å². The van der Waals surface area contributed by atoms with Crippen LogP contribution in [0.5, 0.6) is 0 Å². The SMILES string of the molecule is c1cc2ccc3ccc(-c4oc5ccccc5c5nc6ccccc6c4-5)c4ccc(c1)c2c34. The summed E-state index contributed by atoms with van der Waals surface area (Å²) in [5, 5.41) is 9.78. The average molecular weight is 419 g/mol. The molecule has 0 aliphatic carbocycles. The van der Waals surface area contributed by atoms with Gasteiger partial charge in [-0.15, -0.1) is 0 Å². The summed E-state index contributed by atoms with van der Waals surface area (Å²) in [5.74, 6) is 0.885. The van der Waals surface area contributed by atoms with E-state index in [9.17, 15) is 0 Å². The first-order valence-corrected chi connectivity index (χ1v) is 11.2. The molecule has 0 unspecified atom stereocenters. The number of nitrogens with zero attached hydrogens (tertiary/aromatic N) is 1. The molecule has 0 atom stereocenters. The molecule has 0 saturated carbocycles. The Morgan fingerprint density at radius 2 is 1.21 bits per heavy atom. The summed E-state index contributed by atoms with van der Waals surface area (Å²) in [6.45, 7) is 0.